The summed E-state index contributed by atoms with van der Waals surface area (Å²) in [5, 5.41) is 3.29. The van der Waals surface area contributed by atoms with Crippen LogP contribution >= 0.6 is 11.6 Å². The summed E-state index contributed by atoms with van der Waals surface area (Å²) >= 11 is 6.02. The van der Waals surface area contributed by atoms with Crippen molar-refractivity contribution in [1.29, 1.82) is 0 Å². The Morgan fingerprint density at radius 2 is 2.00 bits per heavy atom. The van der Waals surface area contributed by atoms with Gasteiger partial charge < -0.3 is 14.8 Å². The molecule has 21 heavy (non-hydrogen) atoms. The first-order valence-electron chi connectivity index (χ1n) is 6.38. The van der Waals surface area contributed by atoms with E-state index in [4.69, 9.17) is 21.1 Å². The van der Waals surface area contributed by atoms with Gasteiger partial charge in [-0.15, -0.1) is 0 Å². The number of halogens is 1. The molecule has 0 aromatic heterocycles. The molecule has 1 aromatic carbocycles. The van der Waals surface area contributed by atoms with Gasteiger partial charge in [-0.05, 0) is 26.1 Å². The van der Waals surface area contributed by atoms with Crippen LogP contribution in [0.1, 0.15) is 12.5 Å². The van der Waals surface area contributed by atoms with Crippen molar-refractivity contribution >= 4 is 21.6 Å². The topological polar surface area (TPSA) is 76.7 Å². The minimum Gasteiger partial charge on any atom is -0.495 e. The molecule has 0 amide bonds. The lowest BCUT2D eigenvalue weighted by Gasteiger charge is -2.17. The fourth-order valence-electron chi connectivity index (χ4n) is 1.99. The van der Waals surface area contributed by atoms with Crippen molar-refractivity contribution in [2.45, 2.75) is 24.4 Å². The first-order chi connectivity index (χ1) is 9.85. The van der Waals surface area contributed by atoms with Crippen LogP contribution in [0.25, 0.3) is 0 Å². The second-order valence-electron chi connectivity index (χ2n) is 4.60. The predicted octanol–water partition coefficient (Wildman–Crippen LogP) is 1.38. The second-order valence-corrected chi connectivity index (χ2v) is 6.72. The lowest BCUT2D eigenvalue weighted by molar-refractivity contribution is 0.180. The molecule has 0 heterocycles. The van der Waals surface area contributed by atoms with E-state index < -0.39 is 10.0 Å². The van der Waals surface area contributed by atoms with Crippen LogP contribution in [0.2, 0.25) is 5.02 Å². The molecule has 1 aromatic rings. The van der Waals surface area contributed by atoms with Crippen LogP contribution in [0.5, 0.6) is 5.75 Å². The van der Waals surface area contributed by atoms with E-state index in [1.807, 2.05) is 0 Å². The number of methoxy groups -OCH3 is 2. The molecule has 0 saturated heterocycles. The Kier molecular flexibility index (Phi) is 6.89. The van der Waals surface area contributed by atoms with E-state index in [1.54, 1.807) is 20.0 Å². The van der Waals surface area contributed by atoms with Crippen molar-refractivity contribution in [3.05, 3.63) is 22.7 Å². The van der Waals surface area contributed by atoms with Crippen LogP contribution in [0.4, 0.5) is 0 Å². The SMILES string of the molecule is CNCc1cc(Cl)cc(S(=O)(=O)NC(C)COC)c1OC. The predicted molar refractivity (Wildman–Crippen MR) is 82.4 cm³/mol. The Bertz CT molecular complexity index is 578. The maximum Gasteiger partial charge on any atom is 0.244 e. The third-order valence-corrected chi connectivity index (χ3v) is 4.54. The second kappa shape index (κ2) is 7.95. The molecule has 0 spiro atoms. The Hall–Kier alpha value is -0.860. The van der Waals surface area contributed by atoms with Crippen molar-refractivity contribution in [3.63, 3.8) is 0 Å². The summed E-state index contributed by atoms with van der Waals surface area (Å²) in [7, 11) is 0.943. The van der Waals surface area contributed by atoms with E-state index in [2.05, 4.69) is 10.0 Å². The summed E-state index contributed by atoms with van der Waals surface area (Å²) in [5.41, 5.74) is 0.673. The van der Waals surface area contributed by atoms with E-state index in [0.29, 0.717) is 17.1 Å². The lowest BCUT2D eigenvalue weighted by atomic mass is 10.2. The highest BCUT2D eigenvalue weighted by molar-refractivity contribution is 7.89. The maximum absolute atomic E-state index is 12.5. The summed E-state index contributed by atoms with van der Waals surface area (Å²) in [6.07, 6.45) is 0. The van der Waals surface area contributed by atoms with Gasteiger partial charge in [0.05, 0.1) is 13.7 Å². The number of nitrogens with one attached hydrogen (secondary N) is 2. The van der Waals surface area contributed by atoms with Crippen LogP contribution in [-0.2, 0) is 21.3 Å². The average molecular weight is 337 g/mol. The molecule has 8 heteroatoms. The van der Waals surface area contributed by atoms with Crippen molar-refractivity contribution in [2.24, 2.45) is 0 Å². The fourth-order valence-corrected chi connectivity index (χ4v) is 3.76. The summed E-state index contributed by atoms with van der Waals surface area (Å²) in [4.78, 5) is 0.0192. The van der Waals surface area contributed by atoms with Crippen molar-refractivity contribution in [3.8, 4) is 5.75 Å². The number of benzene rings is 1. The van der Waals surface area contributed by atoms with E-state index in [0.717, 1.165) is 0 Å². The summed E-state index contributed by atoms with van der Waals surface area (Å²) in [6.45, 7) is 2.43. The molecule has 0 aliphatic rings. The highest BCUT2D eigenvalue weighted by atomic mass is 35.5. The summed E-state index contributed by atoms with van der Waals surface area (Å²) in [5.74, 6) is 0.283. The molecular weight excluding hydrogens is 316 g/mol. The molecule has 0 saturated carbocycles. The van der Waals surface area contributed by atoms with Gasteiger partial charge in [0.15, 0.2) is 0 Å². The molecule has 0 aliphatic carbocycles. The van der Waals surface area contributed by atoms with Crippen LogP contribution < -0.4 is 14.8 Å². The molecule has 6 nitrogen and oxygen atoms in total. The zero-order valence-corrected chi connectivity index (χ0v) is 14.1. The van der Waals surface area contributed by atoms with Gasteiger partial charge in [-0.3, -0.25) is 0 Å². The van der Waals surface area contributed by atoms with Crippen molar-refractivity contribution < 1.29 is 17.9 Å². The molecule has 0 radical (unpaired) electrons. The van der Waals surface area contributed by atoms with E-state index in [9.17, 15) is 8.42 Å². The number of ether oxygens (including phenoxy) is 2. The molecule has 1 atom stereocenters. The van der Waals surface area contributed by atoms with Gasteiger partial charge in [0.25, 0.3) is 0 Å². The van der Waals surface area contributed by atoms with Crippen LogP contribution in [-0.4, -0.2) is 42.3 Å². The average Bonchev–Trinajstić information content (AvgIpc) is 2.38. The molecule has 1 unspecified atom stereocenters. The van der Waals surface area contributed by atoms with Gasteiger partial charge in [-0.1, -0.05) is 11.6 Å². The Balaban J connectivity index is 3.27. The Morgan fingerprint density at radius 1 is 1.33 bits per heavy atom. The van der Waals surface area contributed by atoms with Gasteiger partial charge in [0, 0.05) is 30.3 Å². The molecule has 2 N–H and O–H groups in total. The van der Waals surface area contributed by atoms with Crippen LogP contribution in [0.15, 0.2) is 17.0 Å². The van der Waals surface area contributed by atoms with Crippen LogP contribution in [0, 0.1) is 0 Å². The Labute approximate surface area is 130 Å². The quantitative estimate of drug-likeness (QED) is 0.750. The molecule has 0 fully saturated rings. The molecule has 0 aliphatic heterocycles. The molecule has 120 valence electrons. The molecular formula is C13H21ClN2O4S. The molecule has 0 bridgehead atoms. The van der Waals surface area contributed by atoms with Crippen molar-refractivity contribution in [2.75, 3.05) is 27.9 Å². The van der Waals surface area contributed by atoms with Gasteiger partial charge in [-0.25, -0.2) is 13.1 Å². The smallest absolute Gasteiger partial charge is 0.244 e. The van der Waals surface area contributed by atoms with Gasteiger partial charge >= 0.3 is 0 Å². The normalized spacial score (nSPS) is 13.2. The summed E-state index contributed by atoms with van der Waals surface area (Å²) < 4.78 is 37.7. The van der Waals surface area contributed by atoms with Crippen molar-refractivity contribution in [1.82, 2.24) is 10.0 Å². The molecule has 1 rings (SSSR count). The lowest BCUT2D eigenvalue weighted by Crippen LogP contribution is -2.35. The largest absolute Gasteiger partial charge is 0.495 e. The third-order valence-electron chi connectivity index (χ3n) is 2.73. The monoisotopic (exact) mass is 336 g/mol. The number of rotatable bonds is 8. The standard InChI is InChI=1S/C13H21ClN2O4S/c1-9(8-19-3)16-21(17,18)12-6-11(14)5-10(7-15-2)13(12)20-4/h5-6,9,15-16H,7-8H2,1-4H3. The number of hydrogen-bond donors (Lipinski definition) is 2. The highest BCUT2D eigenvalue weighted by Crippen LogP contribution is 2.31. The Morgan fingerprint density at radius 3 is 2.52 bits per heavy atom. The summed E-state index contributed by atoms with van der Waals surface area (Å²) in [6, 6.07) is 2.69. The van der Waals surface area contributed by atoms with Crippen LogP contribution in [0.3, 0.4) is 0 Å². The first-order valence-corrected chi connectivity index (χ1v) is 8.24. The minimum absolute atomic E-state index is 0.0192. The van der Waals surface area contributed by atoms with Gasteiger partial charge in [-0.2, -0.15) is 0 Å². The zero-order chi connectivity index (χ0) is 16.0. The fraction of sp³-hybridized carbons (Fsp3) is 0.538. The third kappa shape index (κ3) is 4.82. The van der Waals surface area contributed by atoms with E-state index >= 15 is 0 Å². The zero-order valence-electron chi connectivity index (χ0n) is 12.6. The first kappa shape index (κ1) is 18.2. The van der Waals surface area contributed by atoms with E-state index in [1.165, 1.54) is 20.3 Å². The van der Waals surface area contributed by atoms with E-state index in [-0.39, 0.29) is 23.3 Å². The number of sulfonamides is 1. The number of hydrogen-bond acceptors (Lipinski definition) is 5. The van der Waals surface area contributed by atoms with Gasteiger partial charge in [0.1, 0.15) is 10.6 Å². The minimum atomic E-state index is -3.76. The maximum atomic E-state index is 12.5. The highest BCUT2D eigenvalue weighted by Gasteiger charge is 2.24. The van der Waals surface area contributed by atoms with Gasteiger partial charge in [0.2, 0.25) is 10.0 Å².